The average molecular weight is 353 g/mol. The molecule has 0 heterocycles. The second-order valence-electron chi connectivity index (χ2n) is 7.41. The van der Waals surface area contributed by atoms with Gasteiger partial charge in [0.05, 0.1) is 12.4 Å². The molecule has 8 nitrogen and oxygen atoms in total. The number of carboxylic acids is 1. The van der Waals surface area contributed by atoms with Crippen LogP contribution in [0, 0.1) is 5.41 Å². The van der Waals surface area contributed by atoms with E-state index >= 15 is 0 Å². The van der Waals surface area contributed by atoms with Gasteiger partial charge in [0.1, 0.15) is 11.6 Å². The van der Waals surface area contributed by atoms with Gasteiger partial charge in [0.25, 0.3) is 10.1 Å². The fourth-order valence-corrected chi connectivity index (χ4v) is 2.47. The Kier molecular flexibility index (Phi) is 7.49. The maximum Gasteiger partial charge on any atom is 0.408 e. The number of amides is 1. The van der Waals surface area contributed by atoms with Crippen molar-refractivity contribution in [3.8, 4) is 0 Å². The van der Waals surface area contributed by atoms with Crippen LogP contribution in [0.1, 0.15) is 48.0 Å². The number of hydrogen-bond acceptors (Lipinski definition) is 6. The van der Waals surface area contributed by atoms with Gasteiger partial charge >= 0.3 is 12.1 Å². The molecule has 1 unspecified atom stereocenters. The SMILES string of the molecule is CC(C)(C)COS(=O)(=O)CCC(NC(=O)OC(C)(C)C)C(=O)O. The summed E-state index contributed by atoms with van der Waals surface area (Å²) in [4.78, 5) is 22.7. The molecule has 2 N–H and O–H groups in total. The lowest BCUT2D eigenvalue weighted by Gasteiger charge is -2.22. The van der Waals surface area contributed by atoms with Crippen LogP contribution in [0.5, 0.6) is 0 Å². The van der Waals surface area contributed by atoms with E-state index in [1.54, 1.807) is 20.8 Å². The molecule has 0 saturated carbocycles. The van der Waals surface area contributed by atoms with Crippen molar-refractivity contribution in [1.82, 2.24) is 5.32 Å². The highest BCUT2D eigenvalue weighted by Gasteiger charge is 2.26. The standard InChI is InChI=1S/C14H27NO7S/c1-13(2,3)9-21-23(19,20)8-7-10(11(16)17)15-12(18)22-14(4,5)6/h10H,7-9H2,1-6H3,(H,15,18)(H,16,17). The molecule has 0 aromatic heterocycles. The molecule has 0 fully saturated rings. The number of alkyl carbamates (subject to hydrolysis) is 1. The third-order valence-electron chi connectivity index (χ3n) is 2.32. The smallest absolute Gasteiger partial charge is 0.408 e. The summed E-state index contributed by atoms with van der Waals surface area (Å²) < 4.78 is 33.3. The Hall–Kier alpha value is -1.35. The van der Waals surface area contributed by atoms with E-state index in [0.29, 0.717) is 0 Å². The Bertz CT molecular complexity index is 514. The largest absolute Gasteiger partial charge is 0.480 e. The molecule has 0 radical (unpaired) electrons. The third-order valence-corrected chi connectivity index (χ3v) is 3.53. The molecular formula is C14H27NO7S. The zero-order valence-corrected chi connectivity index (χ0v) is 15.3. The Labute approximate surface area is 137 Å². The quantitative estimate of drug-likeness (QED) is 0.669. The third kappa shape index (κ3) is 11.8. The monoisotopic (exact) mass is 353 g/mol. The van der Waals surface area contributed by atoms with Crippen LogP contribution in [0.2, 0.25) is 0 Å². The summed E-state index contributed by atoms with van der Waals surface area (Å²) in [5.41, 5.74) is -1.12. The number of aliphatic carboxylic acids is 1. The molecule has 0 saturated heterocycles. The van der Waals surface area contributed by atoms with E-state index in [1.807, 2.05) is 20.8 Å². The summed E-state index contributed by atoms with van der Waals surface area (Å²) in [7, 11) is -3.87. The maximum absolute atomic E-state index is 11.8. The summed E-state index contributed by atoms with van der Waals surface area (Å²) in [6.45, 7) is 10.3. The van der Waals surface area contributed by atoms with Gasteiger partial charge in [0, 0.05) is 0 Å². The zero-order valence-electron chi connectivity index (χ0n) is 14.5. The summed E-state index contributed by atoms with van der Waals surface area (Å²) in [6, 6.07) is -1.38. The van der Waals surface area contributed by atoms with Gasteiger partial charge < -0.3 is 15.2 Å². The van der Waals surface area contributed by atoms with Crippen LogP contribution in [0.3, 0.4) is 0 Å². The fraction of sp³-hybridized carbons (Fsp3) is 0.857. The van der Waals surface area contributed by atoms with Crippen LogP contribution in [-0.2, 0) is 23.8 Å². The molecule has 0 aliphatic rings. The van der Waals surface area contributed by atoms with Crippen molar-refractivity contribution in [2.75, 3.05) is 12.4 Å². The summed E-state index contributed by atoms with van der Waals surface area (Å²) >= 11 is 0. The van der Waals surface area contributed by atoms with E-state index in [9.17, 15) is 18.0 Å². The number of ether oxygens (including phenoxy) is 1. The number of carbonyl (C=O) groups excluding carboxylic acids is 1. The Balaban J connectivity index is 4.61. The number of rotatable bonds is 7. The van der Waals surface area contributed by atoms with Crippen LogP contribution in [0.25, 0.3) is 0 Å². The van der Waals surface area contributed by atoms with Gasteiger partial charge in [-0.1, -0.05) is 20.8 Å². The predicted molar refractivity (Wildman–Crippen MR) is 84.6 cm³/mol. The topological polar surface area (TPSA) is 119 Å². The predicted octanol–water partition coefficient (Wildman–Crippen LogP) is 1.75. The zero-order chi connectivity index (χ0) is 18.5. The molecule has 136 valence electrons. The van der Waals surface area contributed by atoms with Crippen molar-refractivity contribution < 1.29 is 32.0 Å². The minimum absolute atomic E-state index is 0.00738. The molecule has 0 aromatic carbocycles. The lowest BCUT2D eigenvalue weighted by molar-refractivity contribution is -0.139. The molecule has 0 spiro atoms. The van der Waals surface area contributed by atoms with Crippen molar-refractivity contribution in [2.24, 2.45) is 5.41 Å². The van der Waals surface area contributed by atoms with Crippen molar-refractivity contribution >= 4 is 22.2 Å². The Morgan fingerprint density at radius 1 is 1.13 bits per heavy atom. The van der Waals surface area contributed by atoms with E-state index in [2.05, 4.69) is 5.32 Å². The molecule has 0 bridgehead atoms. The lowest BCUT2D eigenvalue weighted by Crippen LogP contribution is -2.44. The van der Waals surface area contributed by atoms with Crippen LogP contribution in [0.4, 0.5) is 4.79 Å². The molecule has 0 aliphatic heterocycles. The van der Waals surface area contributed by atoms with Gasteiger partial charge in [-0.3, -0.25) is 4.18 Å². The van der Waals surface area contributed by atoms with E-state index in [1.165, 1.54) is 0 Å². The van der Waals surface area contributed by atoms with Crippen molar-refractivity contribution in [3.63, 3.8) is 0 Å². The number of nitrogens with one attached hydrogen (secondary N) is 1. The first kappa shape index (κ1) is 21.6. The molecular weight excluding hydrogens is 326 g/mol. The van der Waals surface area contributed by atoms with Crippen molar-refractivity contribution in [1.29, 1.82) is 0 Å². The highest BCUT2D eigenvalue weighted by molar-refractivity contribution is 7.86. The Morgan fingerprint density at radius 3 is 2.04 bits per heavy atom. The normalized spacial score (nSPS) is 14.2. The minimum atomic E-state index is -3.87. The minimum Gasteiger partial charge on any atom is -0.480 e. The highest BCUT2D eigenvalue weighted by Crippen LogP contribution is 2.15. The number of hydrogen-bond donors (Lipinski definition) is 2. The van der Waals surface area contributed by atoms with Crippen LogP contribution in [0.15, 0.2) is 0 Å². The van der Waals surface area contributed by atoms with Gasteiger partial charge in [-0.25, -0.2) is 9.59 Å². The van der Waals surface area contributed by atoms with Crippen LogP contribution < -0.4 is 5.32 Å². The second kappa shape index (κ2) is 7.96. The summed E-state index contributed by atoms with van der Waals surface area (Å²) in [6.07, 6.45) is -1.24. The van der Waals surface area contributed by atoms with Crippen LogP contribution >= 0.6 is 0 Å². The molecule has 0 aromatic rings. The van der Waals surface area contributed by atoms with Gasteiger partial charge in [-0.15, -0.1) is 0 Å². The number of carbonyl (C=O) groups is 2. The fourth-order valence-electron chi connectivity index (χ4n) is 1.29. The molecule has 1 amide bonds. The van der Waals surface area contributed by atoms with Gasteiger partial charge in [0.2, 0.25) is 0 Å². The van der Waals surface area contributed by atoms with Gasteiger partial charge in [0.15, 0.2) is 0 Å². The first-order chi connectivity index (χ1) is 10.1. The lowest BCUT2D eigenvalue weighted by atomic mass is 9.99. The van der Waals surface area contributed by atoms with E-state index in [0.717, 1.165) is 0 Å². The van der Waals surface area contributed by atoms with Crippen LogP contribution in [-0.4, -0.2) is 49.6 Å². The number of carboxylic acid groups (broad SMARTS) is 1. The van der Waals surface area contributed by atoms with E-state index in [4.69, 9.17) is 14.0 Å². The van der Waals surface area contributed by atoms with Gasteiger partial charge in [-0.05, 0) is 32.6 Å². The first-order valence-electron chi connectivity index (χ1n) is 7.21. The molecule has 23 heavy (non-hydrogen) atoms. The van der Waals surface area contributed by atoms with Gasteiger partial charge in [-0.2, -0.15) is 8.42 Å². The van der Waals surface area contributed by atoms with E-state index in [-0.39, 0.29) is 18.4 Å². The average Bonchev–Trinajstić information content (AvgIpc) is 2.28. The summed E-state index contributed by atoms with van der Waals surface area (Å²) in [5, 5.41) is 11.2. The molecule has 0 rings (SSSR count). The molecule has 9 heteroatoms. The van der Waals surface area contributed by atoms with E-state index < -0.39 is 39.6 Å². The molecule has 1 atom stereocenters. The summed E-state index contributed by atoms with van der Waals surface area (Å²) in [5.74, 6) is -1.86. The molecule has 0 aliphatic carbocycles. The Morgan fingerprint density at radius 2 is 1.65 bits per heavy atom. The van der Waals surface area contributed by atoms with Crippen molar-refractivity contribution in [2.45, 2.75) is 59.6 Å². The van der Waals surface area contributed by atoms with Crippen molar-refractivity contribution in [3.05, 3.63) is 0 Å². The highest BCUT2D eigenvalue weighted by atomic mass is 32.2. The first-order valence-corrected chi connectivity index (χ1v) is 8.78. The maximum atomic E-state index is 11.8. The second-order valence-corrected chi connectivity index (χ2v) is 9.17.